The standard InChI is InChI=1S/C9H15N5O/c10-6-3-1-2-4-7(6)13-9(15)8-11-5-12-14-8/h5-7H,1-4,10H2,(H,13,15)(H,11,12,14)/t6-,7-/m1/s1. The molecule has 1 aliphatic rings. The van der Waals surface area contributed by atoms with E-state index in [0.717, 1.165) is 25.7 Å². The summed E-state index contributed by atoms with van der Waals surface area (Å²) in [6.45, 7) is 0. The van der Waals surface area contributed by atoms with Gasteiger partial charge in [0, 0.05) is 12.1 Å². The first-order valence-electron chi connectivity index (χ1n) is 5.19. The van der Waals surface area contributed by atoms with Crippen molar-refractivity contribution in [1.29, 1.82) is 0 Å². The summed E-state index contributed by atoms with van der Waals surface area (Å²) >= 11 is 0. The molecule has 0 radical (unpaired) electrons. The number of carbonyl (C=O) groups excluding carboxylic acids is 1. The molecule has 2 rings (SSSR count). The van der Waals surface area contributed by atoms with Crippen LogP contribution in [0, 0.1) is 0 Å². The first-order valence-corrected chi connectivity index (χ1v) is 5.19. The van der Waals surface area contributed by atoms with E-state index in [2.05, 4.69) is 20.5 Å². The molecule has 0 spiro atoms. The number of carbonyl (C=O) groups is 1. The molecule has 1 amide bonds. The molecule has 2 atom stereocenters. The first kappa shape index (κ1) is 10.1. The summed E-state index contributed by atoms with van der Waals surface area (Å²) in [4.78, 5) is 15.4. The van der Waals surface area contributed by atoms with Crippen molar-refractivity contribution in [2.75, 3.05) is 0 Å². The van der Waals surface area contributed by atoms with Gasteiger partial charge in [-0.05, 0) is 12.8 Å². The number of rotatable bonds is 2. The lowest BCUT2D eigenvalue weighted by Crippen LogP contribution is -2.49. The maximum absolute atomic E-state index is 11.6. The zero-order chi connectivity index (χ0) is 10.7. The smallest absolute Gasteiger partial charge is 0.288 e. The molecule has 0 bridgehead atoms. The lowest BCUT2D eigenvalue weighted by Gasteiger charge is -2.28. The number of amides is 1. The average Bonchev–Trinajstić information content (AvgIpc) is 2.74. The third-order valence-corrected chi connectivity index (χ3v) is 2.77. The van der Waals surface area contributed by atoms with E-state index in [4.69, 9.17) is 5.73 Å². The first-order chi connectivity index (χ1) is 7.27. The van der Waals surface area contributed by atoms with Crippen LogP contribution in [-0.2, 0) is 0 Å². The Morgan fingerprint density at radius 2 is 2.33 bits per heavy atom. The molecular formula is C9H15N5O. The van der Waals surface area contributed by atoms with Crippen LogP contribution in [-0.4, -0.2) is 33.2 Å². The Morgan fingerprint density at radius 3 is 3.00 bits per heavy atom. The van der Waals surface area contributed by atoms with Gasteiger partial charge in [0.25, 0.3) is 5.91 Å². The van der Waals surface area contributed by atoms with Crippen LogP contribution in [0.2, 0.25) is 0 Å². The summed E-state index contributed by atoms with van der Waals surface area (Å²) in [6, 6.07) is 0.127. The summed E-state index contributed by atoms with van der Waals surface area (Å²) < 4.78 is 0. The molecule has 4 N–H and O–H groups in total. The van der Waals surface area contributed by atoms with E-state index in [1.807, 2.05) is 0 Å². The summed E-state index contributed by atoms with van der Waals surface area (Å²) in [7, 11) is 0. The van der Waals surface area contributed by atoms with Crippen molar-refractivity contribution in [3.05, 3.63) is 12.2 Å². The molecule has 1 fully saturated rings. The highest BCUT2D eigenvalue weighted by atomic mass is 16.2. The minimum absolute atomic E-state index is 0.0608. The largest absolute Gasteiger partial charge is 0.345 e. The predicted molar refractivity (Wildman–Crippen MR) is 54.1 cm³/mol. The van der Waals surface area contributed by atoms with Crippen LogP contribution in [0.5, 0.6) is 0 Å². The molecule has 1 aromatic rings. The number of H-pyrrole nitrogens is 1. The Balaban J connectivity index is 1.93. The van der Waals surface area contributed by atoms with Gasteiger partial charge in [-0.1, -0.05) is 12.8 Å². The lowest BCUT2D eigenvalue weighted by atomic mass is 9.91. The molecule has 0 unspecified atom stereocenters. The number of hydrogen-bond donors (Lipinski definition) is 3. The molecule has 1 heterocycles. The second kappa shape index (κ2) is 4.39. The SMILES string of the molecule is N[C@@H]1CCCC[C@H]1NC(=O)c1ncn[nH]1. The highest BCUT2D eigenvalue weighted by molar-refractivity contribution is 5.90. The third-order valence-electron chi connectivity index (χ3n) is 2.77. The van der Waals surface area contributed by atoms with Crippen molar-refractivity contribution in [1.82, 2.24) is 20.5 Å². The summed E-state index contributed by atoms with van der Waals surface area (Å²) in [5, 5.41) is 9.03. The minimum atomic E-state index is -0.227. The Morgan fingerprint density at radius 1 is 1.53 bits per heavy atom. The molecule has 0 aliphatic heterocycles. The zero-order valence-electron chi connectivity index (χ0n) is 8.44. The zero-order valence-corrected chi connectivity index (χ0v) is 8.44. The van der Waals surface area contributed by atoms with Crippen LogP contribution in [0.4, 0.5) is 0 Å². The average molecular weight is 209 g/mol. The lowest BCUT2D eigenvalue weighted by molar-refractivity contribution is 0.0911. The highest BCUT2D eigenvalue weighted by Gasteiger charge is 2.24. The van der Waals surface area contributed by atoms with Crippen LogP contribution < -0.4 is 11.1 Å². The fraction of sp³-hybridized carbons (Fsp3) is 0.667. The molecular weight excluding hydrogens is 194 g/mol. The Kier molecular flexibility index (Phi) is 2.96. The van der Waals surface area contributed by atoms with Crippen molar-refractivity contribution >= 4 is 5.91 Å². The molecule has 1 aliphatic carbocycles. The molecule has 1 saturated carbocycles. The van der Waals surface area contributed by atoms with Gasteiger partial charge in [-0.2, -0.15) is 5.10 Å². The Labute approximate surface area is 87.6 Å². The predicted octanol–water partition coefficient (Wildman–Crippen LogP) is -0.196. The van der Waals surface area contributed by atoms with Crippen LogP contribution >= 0.6 is 0 Å². The van der Waals surface area contributed by atoms with E-state index in [1.165, 1.54) is 6.33 Å². The van der Waals surface area contributed by atoms with Gasteiger partial charge in [0.15, 0.2) is 0 Å². The van der Waals surface area contributed by atoms with E-state index in [-0.39, 0.29) is 23.8 Å². The van der Waals surface area contributed by atoms with Gasteiger partial charge >= 0.3 is 0 Å². The van der Waals surface area contributed by atoms with E-state index in [0.29, 0.717) is 0 Å². The maximum Gasteiger partial charge on any atom is 0.288 e. The maximum atomic E-state index is 11.6. The van der Waals surface area contributed by atoms with Crippen molar-refractivity contribution in [3.8, 4) is 0 Å². The third kappa shape index (κ3) is 2.33. The summed E-state index contributed by atoms with van der Waals surface area (Å²) in [5.41, 5.74) is 5.92. The van der Waals surface area contributed by atoms with Crippen molar-refractivity contribution in [2.24, 2.45) is 5.73 Å². The molecule has 0 saturated heterocycles. The van der Waals surface area contributed by atoms with Crippen molar-refractivity contribution < 1.29 is 4.79 Å². The van der Waals surface area contributed by atoms with Gasteiger partial charge in [0.05, 0.1) is 0 Å². The topological polar surface area (TPSA) is 96.7 Å². The summed E-state index contributed by atoms with van der Waals surface area (Å²) in [5.74, 6) is 0.0163. The van der Waals surface area contributed by atoms with E-state index in [9.17, 15) is 4.79 Å². The number of aromatic nitrogens is 3. The molecule has 82 valence electrons. The number of nitrogens with two attached hydrogens (primary N) is 1. The van der Waals surface area contributed by atoms with Crippen molar-refractivity contribution in [2.45, 2.75) is 37.8 Å². The fourth-order valence-electron chi connectivity index (χ4n) is 1.89. The number of aromatic amines is 1. The molecule has 6 heteroatoms. The second-order valence-corrected chi connectivity index (χ2v) is 3.86. The van der Waals surface area contributed by atoms with E-state index >= 15 is 0 Å². The van der Waals surface area contributed by atoms with Crippen molar-refractivity contribution in [3.63, 3.8) is 0 Å². The van der Waals surface area contributed by atoms with Gasteiger partial charge in [-0.15, -0.1) is 0 Å². The van der Waals surface area contributed by atoms with Gasteiger partial charge in [-0.25, -0.2) is 4.98 Å². The quantitative estimate of drug-likeness (QED) is 0.628. The Bertz CT molecular complexity index is 323. The van der Waals surface area contributed by atoms with Crippen LogP contribution in [0.3, 0.4) is 0 Å². The van der Waals surface area contributed by atoms with Gasteiger partial charge in [-0.3, -0.25) is 9.89 Å². The normalized spacial score (nSPS) is 26.2. The van der Waals surface area contributed by atoms with E-state index < -0.39 is 0 Å². The van der Waals surface area contributed by atoms with Crippen LogP contribution in [0.1, 0.15) is 36.3 Å². The van der Waals surface area contributed by atoms with Gasteiger partial charge in [0.1, 0.15) is 6.33 Å². The molecule has 1 aromatic heterocycles. The number of hydrogen-bond acceptors (Lipinski definition) is 4. The summed E-state index contributed by atoms with van der Waals surface area (Å²) in [6.07, 6.45) is 5.50. The number of nitrogens with one attached hydrogen (secondary N) is 2. The Hall–Kier alpha value is -1.43. The van der Waals surface area contributed by atoms with E-state index in [1.54, 1.807) is 0 Å². The second-order valence-electron chi connectivity index (χ2n) is 3.86. The van der Waals surface area contributed by atoms with Gasteiger partial charge in [0.2, 0.25) is 5.82 Å². The van der Waals surface area contributed by atoms with Crippen LogP contribution in [0.25, 0.3) is 0 Å². The highest BCUT2D eigenvalue weighted by Crippen LogP contribution is 2.16. The minimum Gasteiger partial charge on any atom is -0.345 e. The fourth-order valence-corrected chi connectivity index (χ4v) is 1.89. The number of nitrogens with zero attached hydrogens (tertiary/aromatic N) is 2. The molecule has 6 nitrogen and oxygen atoms in total. The van der Waals surface area contributed by atoms with Crippen LogP contribution in [0.15, 0.2) is 6.33 Å². The monoisotopic (exact) mass is 209 g/mol. The van der Waals surface area contributed by atoms with Gasteiger partial charge < -0.3 is 11.1 Å². The molecule has 15 heavy (non-hydrogen) atoms. The molecule has 0 aromatic carbocycles.